The van der Waals surface area contributed by atoms with E-state index in [0.29, 0.717) is 0 Å². The molecule has 0 unspecified atom stereocenters. The minimum atomic E-state index is 0.190. The maximum atomic E-state index is 5.35. The molecule has 90 valence electrons. The van der Waals surface area contributed by atoms with E-state index < -0.39 is 0 Å². The van der Waals surface area contributed by atoms with Crippen molar-refractivity contribution in [3.05, 3.63) is 54.0 Å². The van der Waals surface area contributed by atoms with Crippen molar-refractivity contribution in [3.8, 4) is 5.75 Å². The Morgan fingerprint density at radius 3 is 2.76 bits per heavy atom. The third-order valence-corrected chi connectivity index (χ3v) is 2.76. The molecule has 0 spiro atoms. The predicted octanol–water partition coefficient (Wildman–Crippen LogP) is 3.14. The van der Waals surface area contributed by atoms with Crippen molar-refractivity contribution in [1.29, 1.82) is 0 Å². The standard InChI is InChI=1S/C14H17NO2/c1-11(13-8-5-9-17-13)15-10-12-6-3-4-7-14(12)16-2/h3-9,11,15H,10H2,1-2H3/t11-/m1/s1. The molecule has 2 rings (SSSR count). The Balaban J connectivity index is 1.98. The van der Waals surface area contributed by atoms with Crippen molar-refractivity contribution < 1.29 is 9.15 Å². The van der Waals surface area contributed by atoms with Crippen LogP contribution in [-0.2, 0) is 6.54 Å². The summed E-state index contributed by atoms with van der Waals surface area (Å²) in [6, 6.07) is 12.1. The molecule has 0 fully saturated rings. The number of benzene rings is 1. The second-order valence-electron chi connectivity index (χ2n) is 3.93. The number of hydrogen-bond donors (Lipinski definition) is 1. The highest BCUT2D eigenvalue weighted by atomic mass is 16.5. The molecule has 1 aromatic heterocycles. The average molecular weight is 231 g/mol. The van der Waals surface area contributed by atoms with Gasteiger partial charge in [0.25, 0.3) is 0 Å². The fourth-order valence-electron chi connectivity index (χ4n) is 1.75. The van der Waals surface area contributed by atoms with Crippen LogP contribution in [0.15, 0.2) is 47.1 Å². The molecule has 0 saturated heterocycles. The van der Waals surface area contributed by atoms with Gasteiger partial charge < -0.3 is 14.5 Å². The van der Waals surface area contributed by atoms with Gasteiger partial charge in [0.15, 0.2) is 0 Å². The summed E-state index contributed by atoms with van der Waals surface area (Å²) in [6.07, 6.45) is 1.69. The average Bonchev–Trinajstić information content (AvgIpc) is 2.90. The number of rotatable bonds is 5. The summed E-state index contributed by atoms with van der Waals surface area (Å²) in [7, 11) is 1.69. The van der Waals surface area contributed by atoms with Gasteiger partial charge in [0.05, 0.1) is 19.4 Å². The lowest BCUT2D eigenvalue weighted by Crippen LogP contribution is -2.17. The first kappa shape index (κ1) is 11.7. The Morgan fingerprint density at radius 1 is 1.24 bits per heavy atom. The van der Waals surface area contributed by atoms with E-state index >= 15 is 0 Å². The Kier molecular flexibility index (Phi) is 3.83. The van der Waals surface area contributed by atoms with E-state index in [-0.39, 0.29) is 6.04 Å². The first-order chi connectivity index (χ1) is 8.31. The van der Waals surface area contributed by atoms with E-state index in [0.717, 1.165) is 23.6 Å². The van der Waals surface area contributed by atoms with Gasteiger partial charge in [-0.05, 0) is 25.1 Å². The number of hydrogen-bond acceptors (Lipinski definition) is 3. The molecular formula is C14H17NO2. The van der Waals surface area contributed by atoms with Gasteiger partial charge in [-0.1, -0.05) is 18.2 Å². The lowest BCUT2D eigenvalue weighted by Gasteiger charge is -2.13. The molecule has 0 radical (unpaired) electrons. The van der Waals surface area contributed by atoms with Crippen LogP contribution in [0.5, 0.6) is 5.75 Å². The number of furan rings is 1. The zero-order valence-corrected chi connectivity index (χ0v) is 10.1. The van der Waals surface area contributed by atoms with E-state index in [2.05, 4.69) is 18.3 Å². The van der Waals surface area contributed by atoms with Gasteiger partial charge in [0.1, 0.15) is 11.5 Å². The summed E-state index contributed by atoms with van der Waals surface area (Å²) in [4.78, 5) is 0. The topological polar surface area (TPSA) is 34.4 Å². The Labute approximate surface area is 101 Å². The van der Waals surface area contributed by atoms with E-state index in [1.807, 2.05) is 30.3 Å². The minimum absolute atomic E-state index is 0.190. The SMILES string of the molecule is COc1ccccc1CN[C@H](C)c1ccco1. The number of ether oxygens (including phenoxy) is 1. The maximum Gasteiger partial charge on any atom is 0.123 e. The largest absolute Gasteiger partial charge is 0.496 e. The Morgan fingerprint density at radius 2 is 2.06 bits per heavy atom. The summed E-state index contributed by atoms with van der Waals surface area (Å²) in [6.45, 7) is 2.83. The Bertz CT molecular complexity index is 451. The third-order valence-electron chi connectivity index (χ3n) is 2.76. The summed E-state index contributed by atoms with van der Waals surface area (Å²) in [5.74, 6) is 1.85. The quantitative estimate of drug-likeness (QED) is 0.858. The molecule has 0 bridgehead atoms. The molecule has 1 heterocycles. The molecular weight excluding hydrogens is 214 g/mol. The van der Waals surface area contributed by atoms with Crippen LogP contribution in [0, 0.1) is 0 Å². The van der Waals surface area contributed by atoms with Gasteiger partial charge in [0.2, 0.25) is 0 Å². The highest BCUT2D eigenvalue weighted by Crippen LogP contribution is 2.19. The Hall–Kier alpha value is -1.74. The molecule has 0 aliphatic carbocycles. The van der Waals surface area contributed by atoms with Crippen LogP contribution in [-0.4, -0.2) is 7.11 Å². The second kappa shape index (κ2) is 5.55. The summed E-state index contributed by atoms with van der Waals surface area (Å²) in [5, 5.41) is 3.40. The number of para-hydroxylation sites is 1. The zero-order valence-electron chi connectivity index (χ0n) is 10.1. The predicted molar refractivity (Wildman–Crippen MR) is 67.0 cm³/mol. The number of methoxy groups -OCH3 is 1. The van der Waals surface area contributed by atoms with E-state index in [9.17, 15) is 0 Å². The lowest BCUT2D eigenvalue weighted by atomic mass is 10.2. The summed E-state index contributed by atoms with van der Waals surface area (Å²) < 4.78 is 10.7. The number of nitrogens with one attached hydrogen (secondary N) is 1. The van der Waals surface area contributed by atoms with Crippen molar-refractivity contribution in [2.75, 3.05) is 7.11 Å². The van der Waals surface area contributed by atoms with E-state index in [1.165, 1.54) is 0 Å². The lowest BCUT2D eigenvalue weighted by molar-refractivity contribution is 0.399. The molecule has 0 aliphatic heterocycles. The van der Waals surface area contributed by atoms with Crippen molar-refractivity contribution in [1.82, 2.24) is 5.32 Å². The smallest absolute Gasteiger partial charge is 0.123 e. The minimum Gasteiger partial charge on any atom is -0.496 e. The van der Waals surface area contributed by atoms with Crippen LogP contribution < -0.4 is 10.1 Å². The molecule has 0 aliphatic rings. The molecule has 1 atom stereocenters. The summed E-state index contributed by atoms with van der Waals surface area (Å²) in [5.41, 5.74) is 1.15. The highest BCUT2D eigenvalue weighted by molar-refractivity contribution is 5.33. The third kappa shape index (κ3) is 2.88. The van der Waals surface area contributed by atoms with E-state index in [4.69, 9.17) is 9.15 Å². The molecule has 0 amide bonds. The van der Waals surface area contributed by atoms with Crippen molar-refractivity contribution in [2.24, 2.45) is 0 Å². The van der Waals surface area contributed by atoms with Crippen molar-refractivity contribution >= 4 is 0 Å². The highest BCUT2D eigenvalue weighted by Gasteiger charge is 2.08. The normalized spacial score (nSPS) is 12.4. The molecule has 1 aromatic carbocycles. The second-order valence-corrected chi connectivity index (χ2v) is 3.93. The van der Waals surface area contributed by atoms with Gasteiger partial charge in [-0.15, -0.1) is 0 Å². The molecule has 3 heteroatoms. The molecule has 2 aromatic rings. The monoisotopic (exact) mass is 231 g/mol. The van der Waals surface area contributed by atoms with Crippen LogP contribution in [0.25, 0.3) is 0 Å². The van der Waals surface area contributed by atoms with Gasteiger partial charge in [-0.25, -0.2) is 0 Å². The van der Waals surface area contributed by atoms with Crippen molar-refractivity contribution in [2.45, 2.75) is 19.5 Å². The van der Waals surface area contributed by atoms with Gasteiger partial charge in [-0.2, -0.15) is 0 Å². The van der Waals surface area contributed by atoms with Crippen molar-refractivity contribution in [3.63, 3.8) is 0 Å². The van der Waals surface area contributed by atoms with E-state index in [1.54, 1.807) is 13.4 Å². The van der Waals surface area contributed by atoms with Gasteiger partial charge in [-0.3, -0.25) is 0 Å². The molecule has 17 heavy (non-hydrogen) atoms. The first-order valence-corrected chi connectivity index (χ1v) is 5.70. The fraction of sp³-hybridized carbons (Fsp3) is 0.286. The van der Waals surface area contributed by atoms with Gasteiger partial charge >= 0.3 is 0 Å². The van der Waals surface area contributed by atoms with Crippen LogP contribution >= 0.6 is 0 Å². The first-order valence-electron chi connectivity index (χ1n) is 5.70. The molecule has 3 nitrogen and oxygen atoms in total. The fourth-order valence-corrected chi connectivity index (χ4v) is 1.75. The van der Waals surface area contributed by atoms with Crippen LogP contribution in [0.4, 0.5) is 0 Å². The van der Waals surface area contributed by atoms with Crippen LogP contribution in [0.2, 0.25) is 0 Å². The summed E-state index contributed by atoms with van der Waals surface area (Å²) >= 11 is 0. The zero-order chi connectivity index (χ0) is 12.1. The molecule has 0 saturated carbocycles. The van der Waals surface area contributed by atoms with Gasteiger partial charge in [0, 0.05) is 12.1 Å². The maximum absolute atomic E-state index is 5.35. The van der Waals surface area contributed by atoms with Crippen LogP contribution in [0.1, 0.15) is 24.3 Å². The molecule has 1 N–H and O–H groups in total. The van der Waals surface area contributed by atoms with Crippen LogP contribution in [0.3, 0.4) is 0 Å².